The summed E-state index contributed by atoms with van der Waals surface area (Å²) >= 11 is 0. The molecule has 2 aromatic carbocycles. The topological polar surface area (TPSA) is 71.1 Å². The quantitative estimate of drug-likeness (QED) is 0.168. The number of hydrogen-bond acceptors (Lipinski definition) is 6. The monoisotopic (exact) mass is 522 g/mol. The predicted octanol–water partition coefficient (Wildman–Crippen LogP) is 6.35. The summed E-state index contributed by atoms with van der Waals surface area (Å²) in [6.45, 7) is 2.63. The van der Waals surface area contributed by atoms with Crippen LogP contribution in [0.15, 0.2) is 53.4 Å². The molecule has 0 N–H and O–H groups in total. The largest absolute Gasteiger partial charge is 0.500 e. The van der Waals surface area contributed by atoms with E-state index in [1.165, 1.54) is 32.1 Å². The number of benzene rings is 2. The molecule has 0 aliphatic heterocycles. The van der Waals surface area contributed by atoms with Crippen molar-refractivity contribution >= 4 is 18.6 Å². The zero-order valence-electron chi connectivity index (χ0n) is 21.8. The third kappa shape index (κ3) is 10.4. The number of aryl methyl sites for hydroxylation is 1. The smallest absolute Gasteiger partial charge is 0.494 e. The van der Waals surface area contributed by atoms with Gasteiger partial charge in [-0.3, -0.25) is 0 Å². The first-order valence-electron chi connectivity index (χ1n) is 12.5. The van der Waals surface area contributed by atoms with Crippen molar-refractivity contribution in [3.63, 3.8) is 0 Å². The van der Waals surface area contributed by atoms with Crippen LogP contribution < -0.4 is 4.74 Å². The number of rotatable bonds is 18. The first-order chi connectivity index (χ1) is 16.8. The van der Waals surface area contributed by atoms with Crippen LogP contribution in [0.25, 0.3) is 0 Å². The summed E-state index contributed by atoms with van der Waals surface area (Å²) in [5.41, 5.74) is 1.91. The minimum atomic E-state index is -3.37. The molecule has 8 heteroatoms. The maximum absolute atomic E-state index is 12.7. The second kappa shape index (κ2) is 15.4. The average molecular weight is 523 g/mol. The molecule has 0 atom stereocenters. The summed E-state index contributed by atoms with van der Waals surface area (Å²) in [6.07, 6.45) is 9.26. The highest BCUT2D eigenvalue weighted by Crippen LogP contribution is 2.21. The normalized spacial score (nSPS) is 12.1. The molecular weight excluding hydrogens is 480 g/mol. The van der Waals surface area contributed by atoms with E-state index in [4.69, 9.17) is 18.0 Å². The van der Waals surface area contributed by atoms with Gasteiger partial charge in [0, 0.05) is 27.4 Å². The van der Waals surface area contributed by atoms with Gasteiger partial charge in [0.15, 0.2) is 9.84 Å². The van der Waals surface area contributed by atoms with E-state index in [1.54, 1.807) is 45.6 Å². The van der Waals surface area contributed by atoms with Crippen molar-refractivity contribution in [2.75, 3.05) is 27.9 Å². The van der Waals surface area contributed by atoms with Crippen molar-refractivity contribution in [2.45, 2.75) is 75.0 Å². The van der Waals surface area contributed by atoms with Gasteiger partial charge in [-0.25, -0.2) is 8.42 Å². The minimum Gasteiger partial charge on any atom is -0.494 e. The summed E-state index contributed by atoms with van der Waals surface area (Å²) < 4.78 is 47.5. The molecule has 0 radical (unpaired) electrons. The maximum Gasteiger partial charge on any atom is 0.500 e. The molecule has 0 bridgehead atoms. The van der Waals surface area contributed by atoms with Crippen LogP contribution in [0.1, 0.15) is 62.5 Å². The predicted molar refractivity (Wildman–Crippen MR) is 143 cm³/mol. The highest BCUT2D eigenvalue weighted by molar-refractivity contribution is 7.90. The van der Waals surface area contributed by atoms with Gasteiger partial charge in [-0.1, -0.05) is 68.4 Å². The van der Waals surface area contributed by atoms with Gasteiger partial charge in [-0.05, 0) is 49.6 Å². The molecule has 0 heterocycles. The van der Waals surface area contributed by atoms with Crippen LogP contribution in [0.3, 0.4) is 0 Å². The van der Waals surface area contributed by atoms with E-state index in [1.807, 2.05) is 31.2 Å². The van der Waals surface area contributed by atoms with Gasteiger partial charge in [0.05, 0.1) is 17.3 Å². The molecule has 2 rings (SSSR count). The van der Waals surface area contributed by atoms with E-state index < -0.39 is 18.6 Å². The molecule has 0 fully saturated rings. The van der Waals surface area contributed by atoms with E-state index in [2.05, 4.69) is 0 Å². The molecule has 35 heavy (non-hydrogen) atoms. The fourth-order valence-corrected chi connectivity index (χ4v) is 7.12. The van der Waals surface area contributed by atoms with Gasteiger partial charge in [0.25, 0.3) is 0 Å². The van der Waals surface area contributed by atoms with Crippen molar-refractivity contribution in [3.8, 4) is 5.75 Å². The maximum atomic E-state index is 12.7. The van der Waals surface area contributed by atoms with Crippen molar-refractivity contribution in [3.05, 3.63) is 59.7 Å². The molecule has 6 nitrogen and oxygen atoms in total. The standard InChI is InChI=1S/C27H42O6SSi/c1-24-13-15-25(16-14-24)23-34(28,29)27-19-17-26(18-20-27)33-21-11-9-7-5-6-8-10-12-22-35(30-2,31-3)32-4/h13-20H,5-12,21-23H2,1-4H3. The molecule has 0 saturated carbocycles. The fourth-order valence-electron chi connectivity index (χ4n) is 3.98. The van der Waals surface area contributed by atoms with Crippen LogP contribution in [0.5, 0.6) is 5.75 Å². The summed E-state index contributed by atoms with van der Waals surface area (Å²) in [6, 6.07) is 15.2. The van der Waals surface area contributed by atoms with Gasteiger partial charge < -0.3 is 18.0 Å². The van der Waals surface area contributed by atoms with Crippen molar-refractivity contribution in [1.29, 1.82) is 0 Å². The van der Waals surface area contributed by atoms with Crippen LogP contribution >= 0.6 is 0 Å². The first-order valence-corrected chi connectivity index (χ1v) is 16.1. The lowest BCUT2D eigenvalue weighted by Gasteiger charge is -2.24. The van der Waals surface area contributed by atoms with Gasteiger partial charge in [0.1, 0.15) is 5.75 Å². The van der Waals surface area contributed by atoms with E-state index in [0.29, 0.717) is 17.3 Å². The number of hydrogen-bond donors (Lipinski definition) is 0. The molecule has 0 aliphatic rings. The molecule has 196 valence electrons. The Kier molecular flexibility index (Phi) is 13.0. The Morgan fingerprint density at radius 2 is 1.20 bits per heavy atom. The van der Waals surface area contributed by atoms with Crippen molar-refractivity contribution in [1.82, 2.24) is 0 Å². The molecular formula is C27H42O6SSi. The van der Waals surface area contributed by atoms with Crippen LogP contribution in [0, 0.1) is 6.92 Å². The summed E-state index contributed by atoms with van der Waals surface area (Å²) in [5.74, 6) is 0.714. The van der Waals surface area contributed by atoms with E-state index in [9.17, 15) is 8.42 Å². The molecule has 0 aromatic heterocycles. The van der Waals surface area contributed by atoms with E-state index in [0.717, 1.165) is 36.4 Å². The zero-order valence-corrected chi connectivity index (χ0v) is 23.6. The average Bonchev–Trinajstić information content (AvgIpc) is 2.87. The third-order valence-electron chi connectivity index (χ3n) is 6.24. The first kappa shape index (κ1) is 29.5. The summed E-state index contributed by atoms with van der Waals surface area (Å²) in [4.78, 5) is 0.324. The lowest BCUT2D eigenvalue weighted by atomic mass is 10.1. The molecule has 0 aliphatic carbocycles. The van der Waals surface area contributed by atoms with Crippen LogP contribution in [0.4, 0.5) is 0 Å². The van der Waals surface area contributed by atoms with E-state index in [-0.39, 0.29) is 5.75 Å². The molecule has 2 aromatic rings. The zero-order chi connectivity index (χ0) is 25.6. The Labute approximate surface area is 213 Å². The number of sulfone groups is 1. The molecule has 0 amide bonds. The molecule has 0 unspecified atom stereocenters. The van der Waals surface area contributed by atoms with Crippen molar-refractivity contribution < 1.29 is 26.4 Å². The Morgan fingerprint density at radius 3 is 1.74 bits per heavy atom. The Hall–Kier alpha value is -1.71. The van der Waals surface area contributed by atoms with Crippen LogP contribution in [-0.4, -0.2) is 45.2 Å². The summed E-state index contributed by atoms with van der Waals surface area (Å²) in [7, 11) is -0.792. The van der Waals surface area contributed by atoms with Crippen LogP contribution in [0.2, 0.25) is 6.04 Å². The lowest BCUT2D eigenvalue weighted by Crippen LogP contribution is -2.42. The highest BCUT2D eigenvalue weighted by Gasteiger charge is 2.36. The highest BCUT2D eigenvalue weighted by atomic mass is 32.2. The van der Waals surface area contributed by atoms with E-state index >= 15 is 0 Å². The Balaban J connectivity index is 1.56. The van der Waals surface area contributed by atoms with Crippen molar-refractivity contribution in [2.24, 2.45) is 0 Å². The van der Waals surface area contributed by atoms with Gasteiger partial charge in [-0.15, -0.1) is 0 Å². The SMILES string of the molecule is CO[Si](CCCCCCCCCCOc1ccc(S(=O)(=O)Cc2ccc(C)cc2)cc1)(OC)OC. The number of unbranched alkanes of at least 4 members (excludes halogenated alkanes) is 7. The fraction of sp³-hybridized carbons (Fsp3) is 0.556. The Morgan fingerprint density at radius 1 is 0.686 bits per heavy atom. The summed E-state index contributed by atoms with van der Waals surface area (Å²) in [5, 5.41) is 0. The Bertz CT molecular complexity index is 932. The van der Waals surface area contributed by atoms with Gasteiger partial charge in [0.2, 0.25) is 0 Å². The second-order valence-electron chi connectivity index (χ2n) is 8.94. The third-order valence-corrected chi connectivity index (χ3v) is 10.8. The number of ether oxygens (including phenoxy) is 1. The van der Waals surface area contributed by atoms with Gasteiger partial charge >= 0.3 is 8.80 Å². The minimum absolute atomic E-state index is 0.00343. The molecule has 0 saturated heterocycles. The lowest BCUT2D eigenvalue weighted by molar-refractivity contribution is 0.122. The molecule has 0 spiro atoms. The van der Waals surface area contributed by atoms with Gasteiger partial charge in [-0.2, -0.15) is 0 Å². The second-order valence-corrected chi connectivity index (χ2v) is 14.0. The van der Waals surface area contributed by atoms with Crippen LogP contribution in [-0.2, 0) is 28.9 Å².